The van der Waals surface area contributed by atoms with Crippen LogP contribution in [0.3, 0.4) is 0 Å². The number of allylic oxidation sites excluding steroid dienone is 4. The van der Waals surface area contributed by atoms with Crippen LogP contribution in [-0.2, 0) is 0 Å². The van der Waals surface area contributed by atoms with Gasteiger partial charge in [-0.15, -0.1) is 0 Å². The molecule has 1 aromatic heterocycles. The van der Waals surface area contributed by atoms with Gasteiger partial charge >= 0.3 is 0 Å². The van der Waals surface area contributed by atoms with Gasteiger partial charge in [-0.05, 0) is 130 Å². The molecule has 1 heterocycles. The topological polar surface area (TPSA) is 24.9 Å². The first-order chi connectivity index (χ1) is 16.3. The Kier molecular flexibility index (Phi) is 5.52. The van der Waals surface area contributed by atoms with Crippen molar-refractivity contribution in [3.05, 3.63) is 65.5 Å². The molecule has 4 aliphatic carbocycles. The van der Waals surface area contributed by atoms with Crippen LogP contribution in [0.1, 0.15) is 90.5 Å². The third kappa shape index (κ3) is 3.96. The zero-order chi connectivity index (χ0) is 23.5. The summed E-state index contributed by atoms with van der Waals surface area (Å²) in [6.45, 7) is 9.56. The molecule has 0 radical (unpaired) electrons. The number of hydrogen-bond donors (Lipinski definition) is 1. The first-order valence-electron chi connectivity index (χ1n) is 13.8. The van der Waals surface area contributed by atoms with Gasteiger partial charge in [0.1, 0.15) is 0 Å². The van der Waals surface area contributed by atoms with Crippen LogP contribution in [-0.4, -0.2) is 16.6 Å². The largest absolute Gasteiger partial charge is 0.309 e. The summed E-state index contributed by atoms with van der Waals surface area (Å²) in [6.07, 6.45) is 19.9. The van der Waals surface area contributed by atoms with Crippen LogP contribution >= 0.6 is 0 Å². The maximum Gasteiger partial charge on any atom is 0.0346 e. The predicted molar refractivity (Wildman–Crippen MR) is 143 cm³/mol. The van der Waals surface area contributed by atoms with Gasteiger partial charge in [0.2, 0.25) is 0 Å². The number of nitrogens with zero attached hydrogens (tertiary/aromatic N) is 1. The standard InChI is InChI=1S/C32H42N2/c1-31(2,3)34-27-9-7-22-17-24-13-15-32(4)29(11-12-30(32)28(24)10-8-23(22)19-27)25-6-5-21-14-16-33-20-26(21)18-25/h5-6,13-14,16-18,20,23,27-30,34H,7-12,15,19H2,1-4H3. The molecule has 4 aliphatic rings. The average molecular weight is 455 g/mol. The Morgan fingerprint density at radius 1 is 1.00 bits per heavy atom. The Morgan fingerprint density at radius 3 is 2.74 bits per heavy atom. The SMILES string of the molecule is CC(C)(C)NC1CCC2=CC3=CCC4(C)C(c5ccc6ccncc6c5)CCC4C3CCC2C1. The lowest BCUT2D eigenvalue weighted by molar-refractivity contribution is 0.136. The van der Waals surface area contributed by atoms with E-state index in [4.69, 9.17) is 0 Å². The minimum Gasteiger partial charge on any atom is -0.309 e. The molecular weight excluding hydrogens is 412 g/mol. The molecule has 2 aromatic rings. The minimum absolute atomic E-state index is 0.215. The highest BCUT2D eigenvalue weighted by Crippen LogP contribution is 2.62. The molecule has 34 heavy (non-hydrogen) atoms. The maximum atomic E-state index is 4.38. The van der Waals surface area contributed by atoms with E-state index in [0.29, 0.717) is 17.4 Å². The van der Waals surface area contributed by atoms with Crippen LogP contribution in [0.15, 0.2) is 60.0 Å². The molecule has 0 aliphatic heterocycles. The smallest absolute Gasteiger partial charge is 0.0346 e. The molecule has 6 rings (SSSR count). The molecule has 0 amide bonds. The summed E-state index contributed by atoms with van der Waals surface area (Å²) in [4.78, 5) is 4.38. The lowest BCUT2D eigenvalue weighted by Crippen LogP contribution is -2.46. The van der Waals surface area contributed by atoms with Crippen molar-refractivity contribution in [2.45, 2.75) is 96.6 Å². The molecule has 0 spiro atoms. The van der Waals surface area contributed by atoms with Gasteiger partial charge in [0.25, 0.3) is 0 Å². The second-order valence-electron chi connectivity index (χ2n) is 13.1. The zero-order valence-corrected chi connectivity index (χ0v) is 21.6. The van der Waals surface area contributed by atoms with E-state index < -0.39 is 0 Å². The third-order valence-corrected chi connectivity index (χ3v) is 9.86. The van der Waals surface area contributed by atoms with Crippen molar-refractivity contribution >= 4 is 10.8 Å². The van der Waals surface area contributed by atoms with Gasteiger partial charge in [-0.2, -0.15) is 0 Å². The highest BCUT2D eigenvalue weighted by Gasteiger charge is 2.52. The highest BCUT2D eigenvalue weighted by atomic mass is 15.0. The summed E-state index contributed by atoms with van der Waals surface area (Å²) in [5.74, 6) is 3.04. The van der Waals surface area contributed by atoms with Gasteiger partial charge in [-0.1, -0.05) is 36.8 Å². The summed E-state index contributed by atoms with van der Waals surface area (Å²) in [7, 11) is 0. The molecule has 0 saturated heterocycles. The fourth-order valence-electron chi connectivity index (χ4n) is 8.33. The van der Waals surface area contributed by atoms with Crippen molar-refractivity contribution in [2.24, 2.45) is 23.2 Å². The van der Waals surface area contributed by atoms with Crippen molar-refractivity contribution in [2.75, 3.05) is 0 Å². The monoisotopic (exact) mass is 454 g/mol. The number of pyridine rings is 1. The van der Waals surface area contributed by atoms with Crippen LogP contribution in [0.5, 0.6) is 0 Å². The van der Waals surface area contributed by atoms with Crippen molar-refractivity contribution in [1.29, 1.82) is 0 Å². The Hall–Kier alpha value is -1.93. The first-order valence-corrected chi connectivity index (χ1v) is 13.8. The number of benzene rings is 1. The van der Waals surface area contributed by atoms with Crippen molar-refractivity contribution in [3.8, 4) is 0 Å². The van der Waals surface area contributed by atoms with Gasteiger partial charge in [0, 0.05) is 29.4 Å². The van der Waals surface area contributed by atoms with Gasteiger partial charge < -0.3 is 5.32 Å². The molecule has 1 aromatic carbocycles. The molecule has 0 bridgehead atoms. The number of hydrogen-bond acceptors (Lipinski definition) is 2. The van der Waals surface area contributed by atoms with E-state index in [1.807, 2.05) is 12.4 Å². The summed E-state index contributed by atoms with van der Waals surface area (Å²) in [6, 6.07) is 9.97. The number of nitrogens with one attached hydrogen (secondary N) is 1. The van der Waals surface area contributed by atoms with E-state index in [0.717, 1.165) is 17.8 Å². The van der Waals surface area contributed by atoms with E-state index in [-0.39, 0.29) is 5.54 Å². The van der Waals surface area contributed by atoms with Gasteiger partial charge in [0.15, 0.2) is 0 Å². The summed E-state index contributed by atoms with van der Waals surface area (Å²) in [5.41, 5.74) is 5.60. The maximum absolute atomic E-state index is 4.38. The van der Waals surface area contributed by atoms with Crippen LogP contribution in [0.25, 0.3) is 10.8 Å². The van der Waals surface area contributed by atoms with Gasteiger partial charge in [-0.25, -0.2) is 0 Å². The molecular formula is C32H42N2. The van der Waals surface area contributed by atoms with Gasteiger partial charge in [0.05, 0.1) is 0 Å². The molecule has 6 atom stereocenters. The van der Waals surface area contributed by atoms with E-state index in [1.165, 1.54) is 62.1 Å². The van der Waals surface area contributed by atoms with Crippen molar-refractivity contribution in [3.63, 3.8) is 0 Å². The van der Waals surface area contributed by atoms with Crippen LogP contribution in [0.4, 0.5) is 0 Å². The fourth-order valence-corrected chi connectivity index (χ4v) is 8.33. The highest BCUT2D eigenvalue weighted by molar-refractivity contribution is 5.82. The predicted octanol–water partition coefficient (Wildman–Crippen LogP) is 7.96. The Labute approximate surface area is 206 Å². The van der Waals surface area contributed by atoms with E-state index in [2.05, 4.69) is 74.4 Å². The first kappa shape index (κ1) is 22.5. The Morgan fingerprint density at radius 2 is 1.88 bits per heavy atom. The molecule has 180 valence electrons. The van der Waals surface area contributed by atoms with Crippen molar-refractivity contribution in [1.82, 2.24) is 10.3 Å². The molecule has 2 saturated carbocycles. The quantitative estimate of drug-likeness (QED) is 0.498. The molecule has 2 nitrogen and oxygen atoms in total. The molecule has 2 fully saturated rings. The summed E-state index contributed by atoms with van der Waals surface area (Å²) >= 11 is 0. The number of rotatable bonds is 2. The number of aromatic nitrogens is 1. The Balaban J connectivity index is 1.24. The van der Waals surface area contributed by atoms with E-state index in [1.54, 1.807) is 16.7 Å². The normalized spacial score (nSPS) is 35.6. The molecule has 6 unspecified atom stereocenters. The second kappa shape index (κ2) is 8.33. The lowest BCUT2D eigenvalue weighted by Gasteiger charge is -2.44. The third-order valence-electron chi connectivity index (χ3n) is 9.86. The van der Waals surface area contributed by atoms with Crippen LogP contribution < -0.4 is 5.32 Å². The fraction of sp³-hybridized carbons (Fsp3) is 0.594. The minimum atomic E-state index is 0.215. The summed E-state index contributed by atoms with van der Waals surface area (Å²) < 4.78 is 0. The average Bonchev–Trinajstić information content (AvgIpc) is 3.04. The van der Waals surface area contributed by atoms with Crippen molar-refractivity contribution < 1.29 is 0 Å². The molecule has 2 heteroatoms. The van der Waals surface area contributed by atoms with E-state index >= 15 is 0 Å². The lowest BCUT2D eigenvalue weighted by atomic mass is 9.60. The van der Waals surface area contributed by atoms with Crippen LogP contribution in [0.2, 0.25) is 0 Å². The van der Waals surface area contributed by atoms with Crippen LogP contribution in [0, 0.1) is 23.2 Å². The summed E-state index contributed by atoms with van der Waals surface area (Å²) in [5, 5.41) is 6.51. The Bertz CT molecular complexity index is 1140. The zero-order valence-electron chi connectivity index (χ0n) is 21.6. The second-order valence-corrected chi connectivity index (χ2v) is 13.1. The van der Waals surface area contributed by atoms with E-state index in [9.17, 15) is 0 Å². The van der Waals surface area contributed by atoms with Gasteiger partial charge in [-0.3, -0.25) is 4.98 Å². The number of fused-ring (bicyclic) bond motifs is 5. The molecule has 1 N–H and O–H groups in total.